The minimum atomic E-state index is -1.77. The molecule has 0 aromatic heterocycles. The van der Waals surface area contributed by atoms with Crippen molar-refractivity contribution in [1.82, 2.24) is 5.32 Å². The summed E-state index contributed by atoms with van der Waals surface area (Å²) in [6, 6.07) is 17.3. The molecule has 2 fully saturated rings. The van der Waals surface area contributed by atoms with Crippen molar-refractivity contribution in [3.63, 3.8) is 0 Å². The van der Waals surface area contributed by atoms with Crippen LogP contribution >= 0.6 is 0 Å². The van der Waals surface area contributed by atoms with E-state index in [1.54, 1.807) is 6.07 Å². The molecule has 2 saturated heterocycles. The number of nitrogens with one attached hydrogen (secondary N) is 1. The lowest BCUT2D eigenvalue weighted by Gasteiger charge is -2.55. The topological polar surface area (TPSA) is 116 Å². The number of anilines is 3. The normalized spacial score (nSPS) is 22.7. The van der Waals surface area contributed by atoms with E-state index in [1.807, 2.05) is 35.2 Å². The smallest absolute Gasteiger partial charge is 0.335 e. The van der Waals surface area contributed by atoms with Gasteiger partial charge in [-0.05, 0) is 48.0 Å². The third kappa shape index (κ3) is 3.50. The van der Waals surface area contributed by atoms with Gasteiger partial charge in [-0.2, -0.15) is 0 Å². The number of nitrogens with zero attached hydrogens (tertiary/aromatic N) is 4. The number of barbiturate groups is 1. The molecular weight excluding hydrogens is 493 g/mol. The van der Waals surface area contributed by atoms with Crippen molar-refractivity contribution >= 4 is 40.6 Å². The minimum absolute atomic E-state index is 0.118. The van der Waals surface area contributed by atoms with E-state index in [0.29, 0.717) is 30.9 Å². The van der Waals surface area contributed by atoms with Gasteiger partial charge in [0.1, 0.15) is 5.82 Å². The number of rotatable bonds is 3. The van der Waals surface area contributed by atoms with Crippen LogP contribution in [0.1, 0.15) is 5.56 Å². The Morgan fingerprint density at radius 1 is 0.947 bits per heavy atom. The third-order valence-electron chi connectivity index (χ3n) is 7.62. The van der Waals surface area contributed by atoms with E-state index in [-0.39, 0.29) is 17.8 Å². The van der Waals surface area contributed by atoms with E-state index in [9.17, 15) is 28.9 Å². The van der Waals surface area contributed by atoms with Crippen LogP contribution in [0.2, 0.25) is 0 Å². The molecule has 10 nitrogen and oxygen atoms in total. The number of imide groups is 2. The van der Waals surface area contributed by atoms with Crippen LogP contribution in [-0.2, 0) is 16.0 Å². The molecular formula is C27H22FN5O5. The standard InChI is InChI=1S/C27H22FN5O5/c28-18-6-8-20(9-7-18)32-25(35)27(24(34)29-26(32)36)15-17-14-21(33(37)38)10-11-22(17)31-13-12-30(16-23(27)31)19-4-2-1-3-5-19/h1-11,14,23H,12-13,15-16H2,(H,29,34,36). The highest BCUT2D eigenvalue weighted by Crippen LogP contribution is 2.47. The van der Waals surface area contributed by atoms with Crippen molar-refractivity contribution in [3.8, 4) is 0 Å². The van der Waals surface area contributed by atoms with Crippen LogP contribution in [-0.4, -0.2) is 48.4 Å². The monoisotopic (exact) mass is 515 g/mol. The fraction of sp³-hybridized carbons (Fsp3) is 0.222. The largest absolute Gasteiger partial charge is 0.368 e. The lowest BCUT2D eigenvalue weighted by Crippen LogP contribution is -2.75. The fourth-order valence-electron chi connectivity index (χ4n) is 5.82. The van der Waals surface area contributed by atoms with Gasteiger partial charge in [0, 0.05) is 49.6 Å². The predicted molar refractivity (Wildman–Crippen MR) is 136 cm³/mol. The number of carbonyl (C=O) groups is 3. The summed E-state index contributed by atoms with van der Waals surface area (Å²) < 4.78 is 13.6. The molecule has 1 spiro atoms. The van der Waals surface area contributed by atoms with Gasteiger partial charge in [0.05, 0.1) is 16.7 Å². The number of fused-ring (bicyclic) bond motifs is 4. The van der Waals surface area contributed by atoms with Gasteiger partial charge in [-0.1, -0.05) is 18.2 Å². The number of nitro groups is 1. The Labute approximate surface area is 216 Å². The maximum absolute atomic E-state index is 14.3. The molecule has 192 valence electrons. The summed E-state index contributed by atoms with van der Waals surface area (Å²) >= 11 is 0. The second-order valence-electron chi connectivity index (χ2n) is 9.59. The zero-order chi connectivity index (χ0) is 26.6. The van der Waals surface area contributed by atoms with Gasteiger partial charge >= 0.3 is 6.03 Å². The Morgan fingerprint density at radius 3 is 2.39 bits per heavy atom. The zero-order valence-electron chi connectivity index (χ0n) is 20.0. The fourth-order valence-corrected chi connectivity index (χ4v) is 5.82. The van der Waals surface area contributed by atoms with Crippen LogP contribution in [0.4, 0.5) is 31.9 Å². The highest BCUT2D eigenvalue weighted by Gasteiger charge is 2.63. The number of hydrogen-bond acceptors (Lipinski definition) is 7. The van der Waals surface area contributed by atoms with Crippen LogP contribution in [0.25, 0.3) is 0 Å². The molecule has 2 unspecified atom stereocenters. The number of non-ortho nitro benzene ring substituents is 1. The molecule has 2 atom stereocenters. The average Bonchev–Trinajstić information content (AvgIpc) is 2.92. The zero-order valence-corrected chi connectivity index (χ0v) is 20.0. The van der Waals surface area contributed by atoms with E-state index in [0.717, 1.165) is 22.7 Å². The first-order chi connectivity index (χ1) is 18.3. The number of benzene rings is 3. The average molecular weight is 516 g/mol. The number of halogens is 1. The Balaban J connectivity index is 1.50. The molecule has 11 heteroatoms. The van der Waals surface area contributed by atoms with Crippen LogP contribution in [0.3, 0.4) is 0 Å². The molecule has 3 aromatic rings. The van der Waals surface area contributed by atoms with E-state index < -0.39 is 40.0 Å². The third-order valence-corrected chi connectivity index (χ3v) is 7.62. The number of carbonyl (C=O) groups excluding carboxylic acids is 3. The second-order valence-corrected chi connectivity index (χ2v) is 9.59. The SMILES string of the molecule is O=C1NC(=O)C2(Cc3cc([N+](=O)[O-])ccc3N3CCN(c4ccccc4)CC32)C(=O)N1c1ccc(F)cc1. The molecule has 6 rings (SSSR count). The van der Waals surface area contributed by atoms with E-state index in [1.165, 1.54) is 24.3 Å². The van der Waals surface area contributed by atoms with Crippen LogP contribution in [0.15, 0.2) is 72.8 Å². The highest BCUT2D eigenvalue weighted by molar-refractivity contribution is 6.30. The number of urea groups is 1. The molecule has 3 aliphatic rings. The van der Waals surface area contributed by atoms with E-state index in [4.69, 9.17) is 0 Å². The van der Waals surface area contributed by atoms with Gasteiger partial charge in [0.15, 0.2) is 5.41 Å². The lowest BCUT2D eigenvalue weighted by molar-refractivity contribution is -0.384. The summed E-state index contributed by atoms with van der Waals surface area (Å²) in [7, 11) is 0. The minimum Gasteiger partial charge on any atom is -0.368 e. The first kappa shape index (κ1) is 23.6. The summed E-state index contributed by atoms with van der Waals surface area (Å²) in [5.41, 5.74) is 0.304. The Hall–Kier alpha value is -4.80. The number of hydrogen-bond donors (Lipinski definition) is 1. The summed E-state index contributed by atoms with van der Waals surface area (Å²) in [5.74, 6) is -2.05. The number of para-hydroxylation sites is 1. The maximum Gasteiger partial charge on any atom is 0.335 e. The highest BCUT2D eigenvalue weighted by atomic mass is 19.1. The Morgan fingerprint density at radius 2 is 1.68 bits per heavy atom. The van der Waals surface area contributed by atoms with Gasteiger partial charge in [-0.3, -0.25) is 25.0 Å². The molecule has 3 aliphatic heterocycles. The van der Waals surface area contributed by atoms with Crippen molar-refractivity contribution in [2.75, 3.05) is 34.3 Å². The van der Waals surface area contributed by atoms with Gasteiger partial charge in [0.25, 0.3) is 11.6 Å². The number of nitro benzene ring substituents is 1. The first-order valence-electron chi connectivity index (χ1n) is 12.1. The van der Waals surface area contributed by atoms with Crippen molar-refractivity contribution in [1.29, 1.82) is 0 Å². The van der Waals surface area contributed by atoms with Gasteiger partial charge < -0.3 is 9.80 Å². The molecule has 0 radical (unpaired) electrons. The van der Waals surface area contributed by atoms with E-state index in [2.05, 4.69) is 10.2 Å². The maximum atomic E-state index is 14.3. The number of piperazine rings is 1. The van der Waals surface area contributed by atoms with Crippen LogP contribution in [0, 0.1) is 21.3 Å². The predicted octanol–water partition coefficient (Wildman–Crippen LogP) is 3.25. The molecule has 4 amide bonds. The summed E-state index contributed by atoms with van der Waals surface area (Å²) in [4.78, 5) is 56.9. The van der Waals surface area contributed by atoms with Crippen molar-refractivity contribution in [2.24, 2.45) is 5.41 Å². The van der Waals surface area contributed by atoms with Crippen LogP contribution < -0.4 is 20.0 Å². The molecule has 0 aliphatic carbocycles. The Kier molecular flexibility index (Phi) is 5.37. The molecule has 0 bridgehead atoms. The van der Waals surface area contributed by atoms with Crippen LogP contribution in [0.5, 0.6) is 0 Å². The molecule has 3 heterocycles. The number of amides is 4. The van der Waals surface area contributed by atoms with Crippen molar-refractivity contribution in [3.05, 3.63) is 94.3 Å². The van der Waals surface area contributed by atoms with E-state index >= 15 is 0 Å². The second kappa shape index (κ2) is 8.65. The van der Waals surface area contributed by atoms with Gasteiger partial charge in [-0.25, -0.2) is 14.1 Å². The van der Waals surface area contributed by atoms with Crippen molar-refractivity contribution < 1.29 is 23.7 Å². The molecule has 1 N–H and O–H groups in total. The van der Waals surface area contributed by atoms with Crippen molar-refractivity contribution in [2.45, 2.75) is 12.5 Å². The molecule has 3 aromatic carbocycles. The van der Waals surface area contributed by atoms with Gasteiger partial charge in [0.2, 0.25) is 5.91 Å². The quantitative estimate of drug-likeness (QED) is 0.323. The van der Waals surface area contributed by atoms with Gasteiger partial charge in [-0.15, -0.1) is 0 Å². The molecule has 38 heavy (non-hydrogen) atoms. The summed E-state index contributed by atoms with van der Waals surface area (Å²) in [6.07, 6.45) is -0.135. The lowest BCUT2D eigenvalue weighted by atomic mass is 9.67. The summed E-state index contributed by atoms with van der Waals surface area (Å²) in [5, 5.41) is 13.9. The Bertz CT molecular complexity index is 1480. The summed E-state index contributed by atoms with van der Waals surface area (Å²) in [6.45, 7) is 1.33. The molecule has 0 saturated carbocycles. The first-order valence-corrected chi connectivity index (χ1v) is 12.1.